The van der Waals surface area contributed by atoms with Crippen LogP contribution in [0.15, 0.2) is 76.3 Å². The van der Waals surface area contributed by atoms with E-state index >= 15 is 0 Å². The van der Waals surface area contributed by atoms with Gasteiger partial charge in [0, 0.05) is 66.2 Å². The Kier molecular flexibility index (Phi) is 18.0. The second-order valence-corrected chi connectivity index (χ2v) is 9.46. The molecule has 0 aliphatic rings. The molecule has 0 fully saturated rings. The first kappa shape index (κ1) is 34.8. The van der Waals surface area contributed by atoms with Gasteiger partial charge < -0.3 is 20.1 Å². The van der Waals surface area contributed by atoms with Gasteiger partial charge in [-0.1, -0.05) is 33.4 Å². The molecule has 1 heterocycles. The van der Waals surface area contributed by atoms with Crippen LogP contribution in [-0.2, 0) is 9.53 Å². The summed E-state index contributed by atoms with van der Waals surface area (Å²) in [6.45, 7) is 15.9. The molecule has 0 aliphatic carbocycles. The number of carbonyl (C=O) groups is 1. The Hall–Kier alpha value is -3.23. The predicted octanol–water partition coefficient (Wildman–Crippen LogP) is 6.89. The summed E-state index contributed by atoms with van der Waals surface area (Å²) in [5.74, 6) is 1.10. The van der Waals surface area contributed by atoms with Crippen LogP contribution in [0.5, 0.6) is 0 Å². The Balaban J connectivity index is 3.12. The normalized spacial score (nSPS) is 13.4. The number of pyridine rings is 1. The van der Waals surface area contributed by atoms with Crippen LogP contribution in [0, 0.1) is 0 Å². The fourth-order valence-electron chi connectivity index (χ4n) is 3.79. The van der Waals surface area contributed by atoms with Crippen LogP contribution in [0.4, 0.5) is 5.82 Å². The van der Waals surface area contributed by atoms with E-state index in [1.165, 1.54) is 0 Å². The van der Waals surface area contributed by atoms with E-state index in [0.717, 1.165) is 85.1 Å². The fourth-order valence-corrected chi connectivity index (χ4v) is 4.01. The van der Waals surface area contributed by atoms with E-state index in [2.05, 4.69) is 43.6 Å². The van der Waals surface area contributed by atoms with Crippen molar-refractivity contribution in [3.8, 4) is 0 Å². The maximum atomic E-state index is 10.6. The molecule has 0 saturated heterocycles. The van der Waals surface area contributed by atoms with Gasteiger partial charge in [0.1, 0.15) is 18.3 Å². The minimum Gasteiger partial charge on any atom is -0.480 e. The molecule has 2 N–H and O–H groups in total. The lowest BCUT2D eigenvalue weighted by Gasteiger charge is -2.23. The minimum atomic E-state index is -0.941. The first-order valence-electron chi connectivity index (χ1n) is 13.9. The standard InChI is InChI=1S/C31H46ClN5O3/c1-7-13-24(5)35-31(36-25(6)16-17-32)26(9-3)21-33-28(10-4)27-14-15-29(34-22-27)37(18-8-2)19-11-12-20-40-23-30(38)39/h7,13-16,21-22H,1,8-12,17-20,23H2,2-6H3,(H,35,36)(H,38,39)/b24-13+,25-16+,26-21+,33-28?. The molecule has 0 atom stereocenters. The number of carboxylic acid groups (broad SMARTS) is 1. The van der Waals surface area contributed by atoms with E-state index in [1.54, 1.807) is 6.08 Å². The van der Waals surface area contributed by atoms with Crippen molar-refractivity contribution in [3.05, 3.63) is 71.9 Å². The molecule has 0 spiro atoms. The van der Waals surface area contributed by atoms with E-state index in [1.807, 2.05) is 44.5 Å². The molecule has 1 aromatic heterocycles. The Bertz CT molecular complexity index is 1070. The van der Waals surface area contributed by atoms with Gasteiger partial charge in [-0.2, -0.15) is 0 Å². The van der Waals surface area contributed by atoms with Crippen molar-refractivity contribution >= 4 is 34.9 Å². The van der Waals surface area contributed by atoms with Crippen LogP contribution in [-0.4, -0.2) is 59.8 Å². The van der Waals surface area contributed by atoms with Gasteiger partial charge >= 0.3 is 5.97 Å². The number of rotatable bonds is 19. The van der Waals surface area contributed by atoms with Crippen LogP contribution in [0.3, 0.4) is 0 Å². The van der Waals surface area contributed by atoms with Crippen molar-refractivity contribution in [2.75, 3.05) is 37.1 Å². The smallest absolute Gasteiger partial charge is 0.329 e. The molecular formula is C31H46ClN5O3. The molecule has 0 radical (unpaired) electrons. The van der Waals surface area contributed by atoms with Gasteiger partial charge in [-0.15, -0.1) is 11.6 Å². The molecule has 9 heteroatoms. The van der Waals surface area contributed by atoms with Gasteiger partial charge in [-0.3, -0.25) is 4.99 Å². The summed E-state index contributed by atoms with van der Waals surface area (Å²) < 4.78 is 5.14. The molecule has 40 heavy (non-hydrogen) atoms. The third-order valence-electron chi connectivity index (χ3n) is 5.83. The number of hydrogen-bond donors (Lipinski definition) is 2. The summed E-state index contributed by atoms with van der Waals surface area (Å²) in [4.78, 5) is 27.2. The van der Waals surface area contributed by atoms with Gasteiger partial charge in [0.05, 0.1) is 0 Å². The third kappa shape index (κ3) is 13.7. The molecule has 1 rings (SSSR count). The number of halogens is 1. The van der Waals surface area contributed by atoms with Crippen LogP contribution in [0.2, 0.25) is 0 Å². The van der Waals surface area contributed by atoms with Crippen molar-refractivity contribution in [2.45, 2.75) is 66.7 Å². The van der Waals surface area contributed by atoms with Crippen molar-refractivity contribution in [3.63, 3.8) is 0 Å². The number of hydrogen-bond acceptors (Lipinski definition) is 6. The lowest BCUT2D eigenvalue weighted by molar-refractivity contribution is -0.142. The zero-order valence-corrected chi connectivity index (χ0v) is 25.5. The molecule has 0 saturated carbocycles. The van der Waals surface area contributed by atoms with Gasteiger partial charge in [0.25, 0.3) is 0 Å². The average Bonchev–Trinajstić information content (AvgIpc) is 2.92. The van der Waals surface area contributed by atoms with E-state index in [9.17, 15) is 4.79 Å². The van der Waals surface area contributed by atoms with Crippen molar-refractivity contribution in [1.29, 1.82) is 0 Å². The monoisotopic (exact) mass is 571 g/mol. The number of aromatic nitrogens is 1. The number of anilines is 1. The Labute approximate surface area is 245 Å². The summed E-state index contributed by atoms with van der Waals surface area (Å²) in [7, 11) is 0. The van der Waals surface area contributed by atoms with E-state index < -0.39 is 5.97 Å². The fraction of sp³-hybridized carbons (Fsp3) is 0.484. The van der Waals surface area contributed by atoms with Crippen LogP contribution in [0.25, 0.3) is 0 Å². The van der Waals surface area contributed by atoms with Crippen molar-refractivity contribution < 1.29 is 14.6 Å². The van der Waals surface area contributed by atoms with Gasteiger partial charge in [-0.25, -0.2) is 14.8 Å². The minimum absolute atomic E-state index is 0.251. The number of alkyl halides is 1. The molecule has 0 amide bonds. The molecule has 0 unspecified atom stereocenters. The zero-order chi connectivity index (χ0) is 29.8. The maximum absolute atomic E-state index is 10.6. The lowest BCUT2D eigenvalue weighted by atomic mass is 10.1. The summed E-state index contributed by atoms with van der Waals surface area (Å²) in [6.07, 6.45) is 13.5. The maximum Gasteiger partial charge on any atom is 0.329 e. The first-order chi connectivity index (χ1) is 19.3. The van der Waals surface area contributed by atoms with Crippen LogP contribution >= 0.6 is 11.6 Å². The van der Waals surface area contributed by atoms with Gasteiger partial charge in [-0.05, 0) is 70.2 Å². The first-order valence-corrected chi connectivity index (χ1v) is 14.5. The molecule has 8 nitrogen and oxygen atoms in total. The highest BCUT2D eigenvalue weighted by Crippen LogP contribution is 2.16. The van der Waals surface area contributed by atoms with E-state index in [-0.39, 0.29) is 6.61 Å². The molecule has 220 valence electrons. The van der Waals surface area contributed by atoms with Crippen LogP contribution in [0.1, 0.15) is 72.3 Å². The number of nitrogens with one attached hydrogen (secondary N) is 1. The highest BCUT2D eigenvalue weighted by atomic mass is 35.5. The number of ether oxygens (including phenoxy) is 1. The number of unbranched alkanes of at least 4 members (excludes halogenated alkanes) is 1. The summed E-state index contributed by atoms with van der Waals surface area (Å²) >= 11 is 5.88. The number of aliphatic carboxylic acids is 1. The second-order valence-electron chi connectivity index (χ2n) is 9.15. The molecule has 0 bridgehead atoms. The number of carboxylic acids is 1. The second kappa shape index (κ2) is 20.6. The Morgan fingerprint density at radius 3 is 2.55 bits per heavy atom. The Morgan fingerprint density at radius 1 is 1.20 bits per heavy atom. The number of amidine groups is 1. The molecule has 1 aromatic rings. The van der Waals surface area contributed by atoms with E-state index in [0.29, 0.717) is 12.5 Å². The number of allylic oxidation sites excluding steroid dienone is 5. The molecule has 0 aliphatic heterocycles. The van der Waals surface area contributed by atoms with Gasteiger partial charge in [0.2, 0.25) is 0 Å². The largest absolute Gasteiger partial charge is 0.480 e. The summed E-state index contributed by atoms with van der Waals surface area (Å²) in [5, 5.41) is 12.1. The highest BCUT2D eigenvalue weighted by Gasteiger charge is 2.10. The Morgan fingerprint density at radius 2 is 1.98 bits per heavy atom. The number of nitrogens with zero attached hydrogens (tertiary/aromatic N) is 4. The van der Waals surface area contributed by atoms with Crippen molar-refractivity contribution in [1.82, 2.24) is 10.3 Å². The predicted molar refractivity (Wildman–Crippen MR) is 169 cm³/mol. The highest BCUT2D eigenvalue weighted by molar-refractivity contribution is 6.19. The molecular weight excluding hydrogens is 526 g/mol. The van der Waals surface area contributed by atoms with Crippen LogP contribution < -0.4 is 10.2 Å². The number of aliphatic imine (C=N–C) groups is 2. The average molecular weight is 572 g/mol. The molecule has 0 aromatic carbocycles. The van der Waals surface area contributed by atoms with Crippen molar-refractivity contribution in [2.24, 2.45) is 9.98 Å². The lowest BCUT2D eigenvalue weighted by Crippen LogP contribution is -2.26. The third-order valence-corrected chi connectivity index (χ3v) is 5.99. The van der Waals surface area contributed by atoms with Gasteiger partial charge in [0.15, 0.2) is 0 Å². The van der Waals surface area contributed by atoms with E-state index in [4.69, 9.17) is 36.4 Å². The summed E-state index contributed by atoms with van der Waals surface area (Å²) in [5.41, 5.74) is 4.64. The topological polar surface area (TPSA) is 99.4 Å². The SMILES string of the molecule is C=C/C=C(\C)NC(=N\C(C)=C\CCl)/C(=C/N=C(CC)c1ccc(N(CCC)CCCCOCC(=O)O)nc1)CC. The quantitative estimate of drug-likeness (QED) is 0.0616. The summed E-state index contributed by atoms with van der Waals surface area (Å²) in [6, 6.07) is 4.11. The zero-order valence-electron chi connectivity index (χ0n) is 24.8.